The molecule has 1 aromatic carbocycles. The van der Waals surface area contributed by atoms with Crippen LogP contribution in [0.15, 0.2) is 35.5 Å². The van der Waals surface area contributed by atoms with Crippen LogP contribution in [-0.4, -0.2) is 46.6 Å². The molecular formula is C24H36N8O2S. The van der Waals surface area contributed by atoms with E-state index in [9.17, 15) is 8.42 Å². The third-order valence-corrected chi connectivity index (χ3v) is 7.83. The van der Waals surface area contributed by atoms with Crippen LogP contribution >= 0.6 is 0 Å². The van der Waals surface area contributed by atoms with E-state index in [-0.39, 0.29) is 17.0 Å². The first kappa shape index (κ1) is 25.3. The smallest absolute Gasteiger partial charge is 0.240 e. The quantitative estimate of drug-likeness (QED) is 0.331. The van der Waals surface area contributed by atoms with Crippen molar-refractivity contribution in [1.82, 2.24) is 24.2 Å². The Bertz CT molecular complexity index is 1230. The Morgan fingerprint density at radius 2 is 1.83 bits per heavy atom. The first-order valence-electron chi connectivity index (χ1n) is 12.4. The second-order valence-electron chi connectivity index (χ2n) is 9.58. The highest BCUT2D eigenvalue weighted by atomic mass is 32.2. The van der Waals surface area contributed by atoms with Gasteiger partial charge in [0.25, 0.3) is 0 Å². The highest BCUT2D eigenvalue weighted by molar-refractivity contribution is 7.89. The average molecular weight is 501 g/mol. The second-order valence-corrected chi connectivity index (χ2v) is 11.4. The van der Waals surface area contributed by atoms with Crippen LogP contribution in [0.5, 0.6) is 0 Å². The van der Waals surface area contributed by atoms with Gasteiger partial charge in [0.1, 0.15) is 0 Å². The van der Waals surface area contributed by atoms with Crippen molar-refractivity contribution in [3.63, 3.8) is 0 Å². The topological polar surface area (TPSA) is 140 Å². The van der Waals surface area contributed by atoms with Crippen LogP contribution in [0, 0.1) is 5.92 Å². The molecule has 35 heavy (non-hydrogen) atoms. The van der Waals surface area contributed by atoms with Crippen molar-refractivity contribution in [2.75, 3.05) is 17.2 Å². The van der Waals surface area contributed by atoms with E-state index in [1.165, 1.54) is 0 Å². The zero-order chi connectivity index (χ0) is 25.0. The predicted octanol–water partition coefficient (Wildman–Crippen LogP) is 3.60. The molecule has 1 saturated carbocycles. The van der Waals surface area contributed by atoms with Crippen molar-refractivity contribution >= 4 is 38.6 Å². The number of aryl methyl sites for hydroxylation is 1. The number of hydrogen-bond acceptors (Lipinski definition) is 8. The molecule has 10 nitrogen and oxygen atoms in total. The van der Waals surface area contributed by atoms with Gasteiger partial charge in [-0.2, -0.15) is 9.97 Å². The molecular weight excluding hydrogens is 464 g/mol. The Hall–Kier alpha value is -2.76. The normalized spacial score (nSPS) is 18.8. The molecule has 2 aromatic heterocycles. The summed E-state index contributed by atoms with van der Waals surface area (Å²) in [6, 6.07) is 7.20. The second kappa shape index (κ2) is 10.9. The molecule has 1 aliphatic carbocycles. The molecule has 0 unspecified atom stereocenters. The molecule has 190 valence electrons. The summed E-state index contributed by atoms with van der Waals surface area (Å²) in [6.45, 7) is 7.32. The van der Waals surface area contributed by atoms with Crippen molar-refractivity contribution in [3.05, 3.63) is 30.6 Å². The van der Waals surface area contributed by atoms with Crippen LogP contribution in [-0.2, 0) is 16.6 Å². The van der Waals surface area contributed by atoms with Crippen LogP contribution < -0.4 is 21.1 Å². The zero-order valence-corrected chi connectivity index (χ0v) is 21.5. The molecule has 1 aliphatic rings. The number of sulfonamides is 1. The van der Waals surface area contributed by atoms with E-state index < -0.39 is 10.0 Å². The van der Waals surface area contributed by atoms with Gasteiger partial charge in [-0.1, -0.05) is 13.8 Å². The fourth-order valence-electron chi connectivity index (χ4n) is 4.19. The molecule has 0 radical (unpaired) electrons. The van der Waals surface area contributed by atoms with Crippen LogP contribution in [0.3, 0.4) is 0 Å². The molecule has 0 atom stereocenters. The standard InChI is InChI=1S/C24H36N8O2S/c1-4-32-15-26-21-22(30-24(31-23(21)32)29-19-7-5-17(25)6-8-19)28-18-9-11-20(12-10-18)35(33,34)27-14-13-16(2)3/h9-12,15-17,19,27H,4-8,13-14,25H2,1-3H3,(H2,28,29,30,31)/t17-,19-. The maximum Gasteiger partial charge on any atom is 0.240 e. The number of hydrogen-bond donors (Lipinski definition) is 4. The SMILES string of the molecule is CCn1cnc2c(Nc3ccc(S(=O)(=O)NCCC(C)C)cc3)nc(N[C@H]3CC[C@H](N)CC3)nc21. The maximum atomic E-state index is 12.6. The zero-order valence-electron chi connectivity index (χ0n) is 20.7. The first-order valence-corrected chi connectivity index (χ1v) is 13.8. The fraction of sp³-hybridized carbons (Fsp3) is 0.542. The van der Waals surface area contributed by atoms with Gasteiger partial charge in [0.2, 0.25) is 16.0 Å². The summed E-state index contributed by atoms with van der Waals surface area (Å²) in [5.41, 5.74) is 8.17. The minimum Gasteiger partial charge on any atom is -0.351 e. The van der Waals surface area contributed by atoms with E-state index in [0.717, 1.165) is 44.3 Å². The summed E-state index contributed by atoms with van der Waals surface area (Å²) >= 11 is 0. The Balaban J connectivity index is 1.54. The Morgan fingerprint density at radius 3 is 2.49 bits per heavy atom. The van der Waals surface area contributed by atoms with Gasteiger partial charge in [-0.3, -0.25) is 0 Å². The van der Waals surface area contributed by atoms with E-state index in [1.807, 2.05) is 11.5 Å². The largest absolute Gasteiger partial charge is 0.351 e. The molecule has 2 heterocycles. The van der Waals surface area contributed by atoms with Crippen LogP contribution in [0.2, 0.25) is 0 Å². The summed E-state index contributed by atoms with van der Waals surface area (Å²) in [5, 5.41) is 6.77. The van der Waals surface area contributed by atoms with Gasteiger partial charge in [-0.05, 0) is 69.2 Å². The molecule has 11 heteroatoms. The fourth-order valence-corrected chi connectivity index (χ4v) is 5.24. The third-order valence-electron chi connectivity index (χ3n) is 6.35. The third kappa shape index (κ3) is 6.28. The molecule has 1 fully saturated rings. The van der Waals surface area contributed by atoms with Crippen molar-refractivity contribution < 1.29 is 8.42 Å². The van der Waals surface area contributed by atoms with Crippen molar-refractivity contribution in [2.24, 2.45) is 11.7 Å². The predicted molar refractivity (Wildman–Crippen MR) is 139 cm³/mol. The lowest BCUT2D eigenvalue weighted by Gasteiger charge is -2.26. The highest BCUT2D eigenvalue weighted by Gasteiger charge is 2.21. The van der Waals surface area contributed by atoms with Crippen molar-refractivity contribution in [2.45, 2.75) is 76.4 Å². The molecule has 0 aliphatic heterocycles. The van der Waals surface area contributed by atoms with E-state index in [1.54, 1.807) is 30.6 Å². The van der Waals surface area contributed by atoms with Crippen LogP contribution in [0.25, 0.3) is 11.2 Å². The van der Waals surface area contributed by atoms with Gasteiger partial charge >= 0.3 is 0 Å². The minimum atomic E-state index is -3.55. The molecule has 5 N–H and O–H groups in total. The Morgan fingerprint density at radius 1 is 1.11 bits per heavy atom. The number of benzene rings is 1. The number of fused-ring (bicyclic) bond motifs is 1. The number of aromatic nitrogens is 4. The summed E-state index contributed by atoms with van der Waals surface area (Å²) in [4.78, 5) is 14.2. The van der Waals surface area contributed by atoms with Crippen LogP contribution in [0.4, 0.5) is 17.5 Å². The summed E-state index contributed by atoms with van der Waals surface area (Å²) in [6.07, 6.45) is 6.49. The lowest BCUT2D eigenvalue weighted by molar-refractivity contribution is 0.410. The average Bonchev–Trinajstić information content (AvgIpc) is 3.24. The molecule has 0 amide bonds. The lowest BCUT2D eigenvalue weighted by Crippen LogP contribution is -2.33. The van der Waals surface area contributed by atoms with Crippen molar-refractivity contribution in [1.29, 1.82) is 0 Å². The first-order chi connectivity index (χ1) is 16.7. The minimum absolute atomic E-state index is 0.229. The van der Waals surface area contributed by atoms with Crippen molar-refractivity contribution in [3.8, 4) is 0 Å². The number of rotatable bonds is 10. The van der Waals surface area contributed by atoms with Crippen LogP contribution in [0.1, 0.15) is 52.9 Å². The molecule has 0 saturated heterocycles. The van der Waals surface area contributed by atoms with Gasteiger partial charge < -0.3 is 20.9 Å². The van der Waals surface area contributed by atoms with E-state index >= 15 is 0 Å². The van der Waals surface area contributed by atoms with E-state index in [2.05, 4.69) is 34.2 Å². The number of anilines is 3. The molecule has 0 bridgehead atoms. The van der Waals surface area contributed by atoms with Gasteiger partial charge in [0, 0.05) is 30.9 Å². The maximum absolute atomic E-state index is 12.6. The van der Waals surface area contributed by atoms with Gasteiger partial charge in [0.05, 0.1) is 11.2 Å². The monoisotopic (exact) mass is 500 g/mol. The molecule has 3 aromatic rings. The molecule has 4 rings (SSSR count). The number of imidazole rings is 1. The van der Waals surface area contributed by atoms with Gasteiger partial charge in [-0.15, -0.1) is 0 Å². The number of nitrogens with zero attached hydrogens (tertiary/aromatic N) is 4. The molecule has 0 spiro atoms. The number of nitrogens with one attached hydrogen (secondary N) is 3. The summed E-state index contributed by atoms with van der Waals surface area (Å²) < 4.78 is 29.8. The van der Waals surface area contributed by atoms with E-state index in [0.29, 0.717) is 35.4 Å². The van der Waals surface area contributed by atoms with E-state index in [4.69, 9.17) is 15.7 Å². The van der Waals surface area contributed by atoms with Gasteiger partial charge in [-0.25, -0.2) is 18.1 Å². The van der Waals surface area contributed by atoms with Gasteiger partial charge in [0.15, 0.2) is 17.0 Å². The highest BCUT2D eigenvalue weighted by Crippen LogP contribution is 2.27. The summed E-state index contributed by atoms with van der Waals surface area (Å²) in [5.74, 6) is 1.55. The lowest BCUT2D eigenvalue weighted by atomic mass is 9.92. The Labute approximate surface area is 207 Å². The number of nitrogens with two attached hydrogens (primary N) is 1. The Kier molecular flexibility index (Phi) is 7.88. The summed E-state index contributed by atoms with van der Waals surface area (Å²) in [7, 11) is -3.55.